The van der Waals surface area contributed by atoms with Crippen molar-refractivity contribution in [3.63, 3.8) is 0 Å². The molecule has 0 spiro atoms. The Bertz CT molecular complexity index is 1450. The normalized spacial score (nSPS) is 22.9. The third-order valence-electron chi connectivity index (χ3n) is 11.3. The summed E-state index contributed by atoms with van der Waals surface area (Å²) in [4.78, 5) is 49.6. The van der Waals surface area contributed by atoms with Crippen LogP contribution in [0.2, 0.25) is 0 Å². The van der Waals surface area contributed by atoms with Crippen molar-refractivity contribution in [2.75, 3.05) is 20.3 Å². The minimum atomic E-state index is -1.29. The number of rotatable bonds is 24. The predicted octanol–water partition coefficient (Wildman–Crippen LogP) is 7.67. The first kappa shape index (κ1) is 48.7. The van der Waals surface area contributed by atoms with Crippen molar-refractivity contribution in [3.05, 3.63) is 71.1 Å². The molecule has 6 atom stereocenters. The fourth-order valence-electron chi connectivity index (χ4n) is 7.14. The summed E-state index contributed by atoms with van der Waals surface area (Å²) in [5, 5.41) is 29.9. The lowest BCUT2D eigenvalue weighted by Gasteiger charge is -2.32. The minimum absolute atomic E-state index is 0.0745. The number of methoxy groups -OCH3 is 1. The number of ketones is 2. The number of aldehydes is 1. The molecule has 1 saturated carbocycles. The highest BCUT2D eigenvalue weighted by atomic mass is 16.5. The summed E-state index contributed by atoms with van der Waals surface area (Å²) in [6.45, 7) is 12.2. The van der Waals surface area contributed by atoms with Crippen LogP contribution in [-0.4, -0.2) is 83.9 Å². The first-order chi connectivity index (χ1) is 26.6. The van der Waals surface area contributed by atoms with Crippen molar-refractivity contribution in [2.45, 2.75) is 144 Å². The van der Waals surface area contributed by atoms with Crippen LogP contribution >= 0.6 is 0 Å². The molecule has 2 aliphatic rings. The van der Waals surface area contributed by atoms with Crippen LogP contribution in [0.4, 0.5) is 0 Å². The van der Waals surface area contributed by atoms with Gasteiger partial charge >= 0.3 is 5.97 Å². The summed E-state index contributed by atoms with van der Waals surface area (Å²) >= 11 is 0. The zero-order valence-corrected chi connectivity index (χ0v) is 35.2. The van der Waals surface area contributed by atoms with Crippen molar-refractivity contribution >= 4 is 23.8 Å². The second-order valence-electron chi connectivity index (χ2n) is 16.6. The third kappa shape index (κ3) is 16.6. The molecule has 1 aliphatic carbocycles. The van der Waals surface area contributed by atoms with Gasteiger partial charge in [0.15, 0.2) is 23.6 Å². The maximum absolute atomic E-state index is 13.3. The molecule has 0 amide bonds. The SMILES string of the molecule is CO[C@@H](C(=O)[C@H](C)C[C@H](C)/C=C/C=C/C=C(\C)CC[C@@H]1CCC(C)=C(C=O)O1)[C@H](O)/C(C)=C/CC(=O)/C=C/[C@H](C)C[C@H]1CC[C@H](OC(=O)C(C)(CO)CO)CC1. The summed E-state index contributed by atoms with van der Waals surface area (Å²) < 4.78 is 16.8. The zero-order chi connectivity index (χ0) is 41.8. The Labute approximate surface area is 335 Å². The first-order valence-electron chi connectivity index (χ1n) is 20.4. The number of allylic oxidation sites excluding steroid dienone is 11. The second-order valence-corrected chi connectivity index (χ2v) is 16.6. The lowest BCUT2D eigenvalue weighted by atomic mass is 9.81. The molecule has 0 bridgehead atoms. The molecule has 0 saturated heterocycles. The van der Waals surface area contributed by atoms with Crippen LogP contribution in [0.1, 0.15) is 119 Å². The Morgan fingerprint density at radius 2 is 1.64 bits per heavy atom. The molecule has 56 heavy (non-hydrogen) atoms. The smallest absolute Gasteiger partial charge is 0.316 e. The van der Waals surface area contributed by atoms with Crippen LogP contribution < -0.4 is 0 Å². The first-order valence-corrected chi connectivity index (χ1v) is 20.4. The van der Waals surface area contributed by atoms with Gasteiger partial charge in [-0.25, -0.2) is 0 Å². The number of Topliss-reactive ketones (excluding diaryl/α,β-unsaturated/α-hetero) is 1. The minimum Gasteiger partial charge on any atom is -0.487 e. The molecule has 10 heteroatoms. The standard InChI is InChI=1S/C46H70O10/c1-31(15-22-39-23-17-34(4)41(28-47)55-39)12-10-9-11-13-32(2)26-36(6)43(52)44(54-8)42(51)35(5)16-21-38(50)20-14-33(3)27-37-18-24-40(25-19-37)56-45(53)46(7,29-48)30-49/h9-14,16,20,28,32-33,36-37,39-40,42,44,48-49,51H,15,17-19,21-27,29-30H2,1-8H3/b10-9+,13-11+,20-14+,31-12+,35-16+/t32-,33+,36-,37-,39-,40-,42-,44-/m1/s1. The molecular weight excluding hydrogens is 712 g/mol. The molecule has 3 N–H and O–H groups in total. The van der Waals surface area contributed by atoms with Gasteiger partial charge in [-0.2, -0.15) is 0 Å². The Kier molecular flexibility index (Phi) is 21.8. The van der Waals surface area contributed by atoms with Gasteiger partial charge in [-0.1, -0.05) is 68.9 Å². The molecule has 10 nitrogen and oxygen atoms in total. The van der Waals surface area contributed by atoms with Gasteiger partial charge in [0.1, 0.15) is 23.7 Å². The number of carbonyl (C=O) groups is 4. The summed E-state index contributed by atoms with van der Waals surface area (Å²) in [5.74, 6) is 0.0250. The van der Waals surface area contributed by atoms with Gasteiger partial charge in [-0.3, -0.25) is 19.2 Å². The van der Waals surface area contributed by atoms with Gasteiger partial charge in [-0.05, 0) is 127 Å². The van der Waals surface area contributed by atoms with Crippen LogP contribution in [0.3, 0.4) is 0 Å². The average molecular weight is 783 g/mol. The molecule has 1 aliphatic heterocycles. The van der Waals surface area contributed by atoms with Crippen molar-refractivity contribution < 1.29 is 48.7 Å². The fourth-order valence-corrected chi connectivity index (χ4v) is 7.14. The zero-order valence-electron chi connectivity index (χ0n) is 35.2. The van der Waals surface area contributed by atoms with Crippen molar-refractivity contribution in [3.8, 4) is 0 Å². The molecule has 0 aromatic heterocycles. The summed E-state index contributed by atoms with van der Waals surface area (Å²) in [7, 11) is 1.41. The highest BCUT2D eigenvalue weighted by Gasteiger charge is 2.36. The van der Waals surface area contributed by atoms with Gasteiger partial charge in [0, 0.05) is 19.4 Å². The molecule has 314 valence electrons. The van der Waals surface area contributed by atoms with E-state index >= 15 is 0 Å². The van der Waals surface area contributed by atoms with Crippen molar-refractivity contribution in [1.82, 2.24) is 0 Å². The number of hydrogen-bond acceptors (Lipinski definition) is 10. The Hall–Kier alpha value is -3.44. The number of aliphatic hydroxyl groups is 3. The Morgan fingerprint density at radius 3 is 2.27 bits per heavy atom. The highest BCUT2D eigenvalue weighted by Crippen LogP contribution is 2.33. The summed E-state index contributed by atoms with van der Waals surface area (Å²) in [6.07, 6.45) is 22.1. The number of hydrogen-bond donors (Lipinski definition) is 3. The van der Waals surface area contributed by atoms with Gasteiger partial charge in [0.2, 0.25) is 0 Å². The van der Waals surface area contributed by atoms with Crippen LogP contribution in [0.15, 0.2) is 71.1 Å². The molecule has 2 rings (SSSR count). The van der Waals surface area contributed by atoms with E-state index in [4.69, 9.17) is 14.2 Å². The van der Waals surface area contributed by atoms with E-state index in [0.717, 1.165) is 69.6 Å². The van der Waals surface area contributed by atoms with E-state index in [1.165, 1.54) is 19.6 Å². The summed E-state index contributed by atoms with van der Waals surface area (Å²) in [5.41, 5.74) is 1.47. The number of esters is 1. The van der Waals surface area contributed by atoms with Gasteiger partial charge in [0.25, 0.3) is 0 Å². The highest BCUT2D eigenvalue weighted by molar-refractivity contribution is 5.91. The molecular formula is C46H70O10. The number of ether oxygens (including phenoxy) is 3. The third-order valence-corrected chi connectivity index (χ3v) is 11.3. The average Bonchev–Trinajstić information content (AvgIpc) is 3.18. The van der Waals surface area contributed by atoms with Gasteiger partial charge < -0.3 is 29.5 Å². The quantitative estimate of drug-likeness (QED) is 0.0292. The molecule has 1 heterocycles. The largest absolute Gasteiger partial charge is 0.487 e. The van der Waals surface area contributed by atoms with Crippen LogP contribution in [-0.2, 0) is 33.4 Å². The van der Waals surface area contributed by atoms with Gasteiger partial charge in [0.05, 0.1) is 19.3 Å². The van der Waals surface area contributed by atoms with E-state index in [9.17, 15) is 34.5 Å². The monoisotopic (exact) mass is 782 g/mol. The van der Waals surface area contributed by atoms with Crippen molar-refractivity contribution in [2.24, 2.45) is 29.1 Å². The molecule has 1 fully saturated rings. The number of carbonyl (C=O) groups excluding carboxylic acids is 4. The topological polar surface area (TPSA) is 157 Å². The number of aliphatic hydroxyl groups excluding tert-OH is 3. The fraction of sp³-hybridized carbons (Fsp3) is 0.652. The Morgan fingerprint density at radius 1 is 0.964 bits per heavy atom. The Balaban J connectivity index is 1.76. The second kappa shape index (κ2) is 25.0. The van der Waals surface area contributed by atoms with E-state index in [1.54, 1.807) is 19.1 Å². The maximum Gasteiger partial charge on any atom is 0.316 e. The van der Waals surface area contributed by atoms with Crippen LogP contribution in [0, 0.1) is 29.1 Å². The maximum atomic E-state index is 13.3. The van der Waals surface area contributed by atoms with E-state index in [2.05, 4.69) is 26.0 Å². The molecule has 0 unspecified atom stereocenters. The summed E-state index contributed by atoms with van der Waals surface area (Å²) in [6, 6.07) is 0. The van der Waals surface area contributed by atoms with E-state index in [0.29, 0.717) is 23.7 Å². The molecule has 0 aromatic carbocycles. The lowest BCUT2D eigenvalue weighted by Crippen LogP contribution is -2.40. The van der Waals surface area contributed by atoms with Gasteiger partial charge in [-0.15, -0.1) is 0 Å². The van der Waals surface area contributed by atoms with E-state index in [-0.39, 0.29) is 47.9 Å². The molecule has 0 radical (unpaired) electrons. The predicted molar refractivity (Wildman–Crippen MR) is 219 cm³/mol. The van der Waals surface area contributed by atoms with E-state index in [1.807, 2.05) is 45.1 Å². The van der Waals surface area contributed by atoms with E-state index < -0.39 is 36.8 Å². The van der Waals surface area contributed by atoms with Crippen LogP contribution in [0.25, 0.3) is 0 Å². The van der Waals surface area contributed by atoms with Crippen molar-refractivity contribution in [1.29, 1.82) is 0 Å². The van der Waals surface area contributed by atoms with Crippen LogP contribution in [0.5, 0.6) is 0 Å². The molecule has 0 aromatic rings. The lowest BCUT2D eigenvalue weighted by molar-refractivity contribution is -0.167.